The number of fused-ring (bicyclic) bond motifs is 1. The molecule has 3 nitrogen and oxygen atoms in total. The summed E-state index contributed by atoms with van der Waals surface area (Å²) in [6.07, 6.45) is 6.19. The number of carbonyl (C=O) groups is 1. The molecule has 1 aliphatic carbocycles. The Labute approximate surface area is 183 Å². The summed E-state index contributed by atoms with van der Waals surface area (Å²) in [5.74, 6) is 0.0187. The van der Waals surface area contributed by atoms with Crippen LogP contribution in [0.25, 0.3) is 6.08 Å². The van der Waals surface area contributed by atoms with Crippen LogP contribution in [0, 0.1) is 19.8 Å². The summed E-state index contributed by atoms with van der Waals surface area (Å²) in [5, 5.41) is 1.81. The zero-order valence-corrected chi connectivity index (χ0v) is 17.7. The minimum atomic E-state index is -0.429. The van der Waals surface area contributed by atoms with Crippen LogP contribution < -0.4 is 5.06 Å². The van der Waals surface area contributed by atoms with Crippen LogP contribution in [0.15, 0.2) is 96.6 Å². The first-order chi connectivity index (χ1) is 15.1. The summed E-state index contributed by atoms with van der Waals surface area (Å²) < 4.78 is 0. The molecule has 0 unspecified atom stereocenters. The Balaban J connectivity index is 1.56. The second kappa shape index (κ2) is 8.01. The van der Waals surface area contributed by atoms with E-state index in [0.717, 1.165) is 22.4 Å². The fourth-order valence-electron chi connectivity index (χ4n) is 4.39. The molecule has 0 radical (unpaired) electrons. The molecular weight excluding hydrogens is 382 g/mol. The van der Waals surface area contributed by atoms with Crippen molar-refractivity contribution in [1.29, 1.82) is 0 Å². The molecule has 154 valence electrons. The molecule has 0 saturated carbocycles. The molecule has 3 aromatic rings. The van der Waals surface area contributed by atoms with Crippen LogP contribution in [0.3, 0.4) is 0 Å². The highest BCUT2D eigenvalue weighted by Gasteiger charge is 2.50. The molecular formula is C28H25NO2. The maximum Gasteiger partial charge on any atom is 0.188 e. The Kier molecular flexibility index (Phi) is 5.05. The van der Waals surface area contributed by atoms with Crippen molar-refractivity contribution in [3.63, 3.8) is 0 Å². The van der Waals surface area contributed by atoms with Crippen molar-refractivity contribution in [2.24, 2.45) is 5.92 Å². The lowest BCUT2D eigenvalue weighted by molar-refractivity contribution is 0.0885. The molecule has 1 saturated heterocycles. The summed E-state index contributed by atoms with van der Waals surface area (Å²) in [4.78, 5) is 20.1. The zero-order valence-electron chi connectivity index (χ0n) is 17.7. The summed E-state index contributed by atoms with van der Waals surface area (Å²) in [5.41, 5.74) is 6.23. The Morgan fingerprint density at radius 1 is 0.871 bits per heavy atom. The van der Waals surface area contributed by atoms with Crippen molar-refractivity contribution < 1.29 is 9.63 Å². The molecule has 1 aliphatic heterocycles. The molecule has 5 rings (SSSR count). The van der Waals surface area contributed by atoms with Gasteiger partial charge in [0, 0.05) is 11.5 Å². The van der Waals surface area contributed by atoms with Crippen molar-refractivity contribution >= 4 is 17.5 Å². The number of Topliss-reactive ketones (excluding diaryl/α,β-unsaturated/α-hetero) is 1. The predicted molar refractivity (Wildman–Crippen MR) is 125 cm³/mol. The van der Waals surface area contributed by atoms with Crippen LogP contribution in [-0.4, -0.2) is 17.9 Å². The van der Waals surface area contributed by atoms with Crippen molar-refractivity contribution in [2.45, 2.75) is 26.0 Å². The van der Waals surface area contributed by atoms with Gasteiger partial charge in [-0.2, -0.15) is 0 Å². The smallest absolute Gasteiger partial charge is 0.188 e. The van der Waals surface area contributed by atoms with E-state index in [4.69, 9.17) is 4.84 Å². The number of ketones is 1. The van der Waals surface area contributed by atoms with Crippen LogP contribution in [0.1, 0.15) is 27.0 Å². The molecule has 0 spiro atoms. The van der Waals surface area contributed by atoms with Gasteiger partial charge in [-0.3, -0.25) is 9.63 Å². The first-order valence-electron chi connectivity index (χ1n) is 10.7. The number of aryl methyl sites for hydroxylation is 2. The van der Waals surface area contributed by atoms with Crippen molar-refractivity contribution in [3.05, 3.63) is 119 Å². The summed E-state index contributed by atoms with van der Waals surface area (Å²) in [7, 11) is 0. The van der Waals surface area contributed by atoms with Gasteiger partial charge in [-0.15, -0.1) is 0 Å². The molecule has 3 atom stereocenters. The van der Waals surface area contributed by atoms with Crippen LogP contribution in [-0.2, 0) is 4.84 Å². The van der Waals surface area contributed by atoms with E-state index in [-0.39, 0.29) is 17.8 Å². The lowest BCUT2D eigenvalue weighted by atomic mass is 9.86. The number of hydrogen-bond acceptors (Lipinski definition) is 3. The van der Waals surface area contributed by atoms with Crippen LogP contribution in [0.4, 0.5) is 5.69 Å². The van der Waals surface area contributed by atoms with E-state index in [0.29, 0.717) is 5.56 Å². The molecule has 0 amide bonds. The average Bonchev–Trinajstić information content (AvgIpc) is 3.36. The van der Waals surface area contributed by atoms with Crippen LogP contribution in [0.5, 0.6) is 0 Å². The van der Waals surface area contributed by atoms with Gasteiger partial charge >= 0.3 is 0 Å². The monoisotopic (exact) mass is 407 g/mol. The van der Waals surface area contributed by atoms with Gasteiger partial charge in [-0.25, -0.2) is 5.06 Å². The second-order valence-electron chi connectivity index (χ2n) is 8.35. The first-order valence-corrected chi connectivity index (χ1v) is 10.7. The topological polar surface area (TPSA) is 29.5 Å². The summed E-state index contributed by atoms with van der Waals surface area (Å²) in [6, 6.07) is 25.7. The highest BCUT2D eigenvalue weighted by molar-refractivity contribution is 6.03. The SMILES string of the molecule is Cc1ccc(/C=C2\C=C[C@@H]3ON(c4ccccc4)[C@@H](C(=O)c4ccc(C)cc4)[C@H]23)cc1. The quantitative estimate of drug-likeness (QED) is 0.501. The third-order valence-corrected chi connectivity index (χ3v) is 6.07. The van der Waals surface area contributed by atoms with E-state index in [1.807, 2.05) is 66.6 Å². The number of carbonyl (C=O) groups excluding carboxylic acids is 1. The Morgan fingerprint density at radius 3 is 2.19 bits per heavy atom. The number of nitrogens with zero attached hydrogens (tertiary/aromatic N) is 1. The summed E-state index contributed by atoms with van der Waals surface area (Å²) >= 11 is 0. The number of para-hydroxylation sites is 1. The van der Waals surface area contributed by atoms with Crippen molar-refractivity contribution in [2.75, 3.05) is 5.06 Å². The standard InChI is InChI=1S/C28H25NO2/c1-19-8-12-21(13-9-19)18-23-16-17-25-26(23)27(28(30)22-14-10-20(2)11-15-22)29(31-25)24-6-4-3-5-7-24/h3-18,25-27H,1-2H3/b23-18+/t25-,26+,27+/m0/s1. The number of anilines is 1. The third-order valence-electron chi connectivity index (χ3n) is 6.07. The van der Waals surface area contributed by atoms with E-state index in [2.05, 4.69) is 49.4 Å². The molecule has 1 heterocycles. The van der Waals surface area contributed by atoms with Gasteiger partial charge in [0.2, 0.25) is 0 Å². The third kappa shape index (κ3) is 3.73. The van der Waals surface area contributed by atoms with Gasteiger partial charge in [0.1, 0.15) is 12.1 Å². The lowest BCUT2D eigenvalue weighted by Gasteiger charge is -2.26. The number of hydrogen-bond donors (Lipinski definition) is 0. The van der Waals surface area contributed by atoms with Gasteiger partial charge in [0.05, 0.1) is 5.69 Å². The highest BCUT2D eigenvalue weighted by Crippen LogP contribution is 2.43. The molecule has 3 heteroatoms. The zero-order chi connectivity index (χ0) is 21.4. The maximum atomic E-state index is 13.8. The van der Waals surface area contributed by atoms with Crippen molar-refractivity contribution in [1.82, 2.24) is 0 Å². The van der Waals surface area contributed by atoms with E-state index in [1.165, 1.54) is 5.56 Å². The molecule has 3 aromatic carbocycles. The number of rotatable bonds is 4. The molecule has 1 fully saturated rings. The molecule has 0 N–H and O–H groups in total. The fourth-order valence-corrected chi connectivity index (χ4v) is 4.39. The normalized spacial score (nSPS) is 23.4. The second-order valence-corrected chi connectivity index (χ2v) is 8.35. The van der Waals surface area contributed by atoms with Gasteiger partial charge in [0.25, 0.3) is 0 Å². The van der Waals surface area contributed by atoms with E-state index < -0.39 is 6.04 Å². The van der Waals surface area contributed by atoms with Gasteiger partial charge < -0.3 is 0 Å². The lowest BCUT2D eigenvalue weighted by Crippen LogP contribution is -2.40. The van der Waals surface area contributed by atoms with E-state index in [9.17, 15) is 4.79 Å². The van der Waals surface area contributed by atoms with Gasteiger partial charge in [0.15, 0.2) is 5.78 Å². The molecule has 0 bridgehead atoms. The Bertz CT molecular complexity index is 1140. The minimum absolute atomic E-state index is 0.0599. The number of allylic oxidation sites excluding steroid dienone is 1. The van der Waals surface area contributed by atoms with Crippen LogP contribution in [0.2, 0.25) is 0 Å². The average molecular weight is 408 g/mol. The van der Waals surface area contributed by atoms with Gasteiger partial charge in [-0.1, -0.05) is 96.1 Å². The fraction of sp³-hybridized carbons (Fsp3) is 0.179. The largest absolute Gasteiger partial charge is 0.292 e. The Hall–Kier alpha value is -3.43. The maximum absolute atomic E-state index is 13.8. The number of hydroxylamine groups is 1. The highest BCUT2D eigenvalue weighted by atomic mass is 16.7. The number of benzene rings is 3. The van der Waals surface area contributed by atoms with Crippen molar-refractivity contribution in [3.8, 4) is 0 Å². The molecule has 0 aromatic heterocycles. The predicted octanol–water partition coefficient (Wildman–Crippen LogP) is 5.94. The van der Waals surface area contributed by atoms with Crippen LogP contribution >= 0.6 is 0 Å². The van der Waals surface area contributed by atoms with E-state index in [1.54, 1.807) is 0 Å². The summed E-state index contributed by atoms with van der Waals surface area (Å²) in [6.45, 7) is 4.11. The minimum Gasteiger partial charge on any atom is -0.292 e. The first kappa shape index (κ1) is 19.5. The van der Waals surface area contributed by atoms with Gasteiger partial charge in [-0.05, 0) is 37.1 Å². The van der Waals surface area contributed by atoms with E-state index >= 15 is 0 Å². The molecule has 31 heavy (non-hydrogen) atoms. The Morgan fingerprint density at radius 2 is 1.52 bits per heavy atom. The molecule has 2 aliphatic rings.